The zero-order valence-electron chi connectivity index (χ0n) is 12.9. The standard InChI is InChI=1S/C15H24N2O4/c1-4-5-8-21-9-6-7-16-14(18)12-10(2)13(15(19)20)17-11(12)3/h17H,4-9H2,1-3H3,(H,16,18)(H,19,20). The van der Waals surface area contributed by atoms with Gasteiger partial charge in [0.15, 0.2) is 0 Å². The molecule has 0 unspecified atom stereocenters. The van der Waals surface area contributed by atoms with Crippen molar-refractivity contribution in [2.75, 3.05) is 19.8 Å². The summed E-state index contributed by atoms with van der Waals surface area (Å²) < 4.78 is 5.41. The number of carbonyl (C=O) groups is 2. The first kappa shape index (κ1) is 17.2. The molecule has 0 aliphatic heterocycles. The maximum absolute atomic E-state index is 12.1. The van der Waals surface area contributed by atoms with Crippen LogP contribution in [0, 0.1) is 13.8 Å². The molecule has 3 N–H and O–H groups in total. The lowest BCUT2D eigenvalue weighted by Crippen LogP contribution is -2.26. The van der Waals surface area contributed by atoms with Crippen molar-refractivity contribution in [3.05, 3.63) is 22.5 Å². The molecule has 0 spiro atoms. The normalized spacial score (nSPS) is 10.6. The second-order valence-corrected chi connectivity index (χ2v) is 5.01. The van der Waals surface area contributed by atoms with Crippen LogP contribution in [-0.2, 0) is 4.74 Å². The third kappa shape index (κ3) is 4.90. The molecule has 0 fully saturated rings. The molecule has 0 aliphatic rings. The number of amides is 1. The molecule has 118 valence electrons. The number of hydrogen-bond acceptors (Lipinski definition) is 3. The summed E-state index contributed by atoms with van der Waals surface area (Å²) in [6.07, 6.45) is 2.89. The van der Waals surface area contributed by atoms with E-state index in [0.717, 1.165) is 25.9 Å². The quantitative estimate of drug-likeness (QED) is 0.610. The van der Waals surface area contributed by atoms with Crippen LogP contribution in [0.15, 0.2) is 0 Å². The first-order valence-electron chi connectivity index (χ1n) is 7.27. The summed E-state index contributed by atoms with van der Waals surface area (Å²) in [6.45, 7) is 7.32. The Morgan fingerprint density at radius 1 is 1.24 bits per heavy atom. The molecule has 6 heteroatoms. The molecule has 0 bridgehead atoms. The smallest absolute Gasteiger partial charge is 0.352 e. The summed E-state index contributed by atoms with van der Waals surface area (Å²) in [5, 5.41) is 11.8. The molecule has 1 heterocycles. The molecular weight excluding hydrogens is 272 g/mol. The van der Waals surface area contributed by atoms with Gasteiger partial charge in [0.05, 0.1) is 5.56 Å². The number of hydrogen-bond donors (Lipinski definition) is 3. The third-order valence-electron chi connectivity index (χ3n) is 3.27. The minimum Gasteiger partial charge on any atom is -0.477 e. The van der Waals surface area contributed by atoms with Crippen molar-refractivity contribution in [3.8, 4) is 0 Å². The van der Waals surface area contributed by atoms with Crippen LogP contribution in [0.25, 0.3) is 0 Å². The average molecular weight is 296 g/mol. The van der Waals surface area contributed by atoms with Gasteiger partial charge in [-0.25, -0.2) is 4.79 Å². The van der Waals surface area contributed by atoms with Gasteiger partial charge in [0, 0.05) is 25.5 Å². The van der Waals surface area contributed by atoms with Crippen molar-refractivity contribution < 1.29 is 19.4 Å². The number of H-pyrrole nitrogens is 1. The predicted molar refractivity (Wildman–Crippen MR) is 79.9 cm³/mol. The van der Waals surface area contributed by atoms with E-state index < -0.39 is 5.97 Å². The minimum atomic E-state index is -1.06. The Bertz CT molecular complexity index is 494. The Balaban J connectivity index is 2.44. The molecule has 0 aliphatic carbocycles. The van der Waals surface area contributed by atoms with Crippen LogP contribution in [0.5, 0.6) is 0 Å². The highest BCUT2D eigenvalue weighted by Crippen LogP contribution is 2.17. The highest BCUT2D eigenvalue weighted by molar-refractivity contribution is 6.00. The van der Waals surface area contributed by atoms with E-state index in [0.29, 0.717) is 30.0 Å². The maximum atomic E-state index is 12.1. The van der Waals surface area contributed by atoms with Crippen molar-refractivity contribution >= 4 is 11.9 Å². The highest BCUT2D eigenvalue weighted by atomic mass is 16.5. The van der Waals surface area contributed by atoms with E-state index in [4.69, 9.17) is 9.84 Å². The van der Waals surface area contributed by atoms with Gasteiger partial charge in [-0.1, -0.05) is 13.3 Å². The number of unbranched alkanes of at least 4 members (excludes halogenated alkanes) is 1. The van der Waals surface area contributed by atoms with Crippen LogP contribution < -0.4 is 5.32 Å². The summed E-state index contributed by atoms with van der Waals surface area (Å²) in [5.74, 6) is -1.30. The number of aryl methyl sites for hydroxylation is 1. The number of carboxylic acid groups (broad SMARTS) is 1. The Labute approximate surface area is 124 Å². The van der Waals surface area contributed by atoms with Crippen molar-refractivity contribution in [3.63, 3.8) is 0 Å². The fraction of sp³-hybridized carbons (Fsp3) is 0.600. The number of carbonyl (C=O) groups excluding carboxylic acids is 1. The zero-order chi connectivity index (χ0) is 15.8. The van der Waals surface area contributed by atoms with Gasteiger partial charge in [-0.2, -0.15) is 0 Å². The topological polar surface area (TPSA) is 91.4 Å². The first-order valence-corrected chi connectivity index (χ1v) is 7.27. The van der Waals surface area contributed by atoms with Crippen LogP contribution in [-0.4, -0.2) is 41.7 Å². The van der Waals surface area contributed by atoms with E-state index in [1.165, 1.54) is 0 Å². The number of rotatable bonds is 9. The summed E-state index contributed by atoms with van der Waals surface area (Å²) >= 11 is 0. The lowest BCUT2D eigenvalue weighted by Gasteiger charge is -2.06. The minimum absolute atomic E-state index is 0.0700. The Morgan fingerprint density at radius 2 is 1.90 bits per heavy atom. The summed E-state index contributed by atoms with van der Waals surface area (Å²) in [6, 6.07) is 0. The van der Waals surface area contributed by atoms with E-state index >= 15 is 0 Å². The van der Waals surface area contributed by atoms with Gasteiger partial charge in [0.2, 0.25) is 0 Å². The Morgan fingerprint density at radius 3 is 2.48 bits per heavy atom. The van der Waals surface area contributed by atoms with Gasteiger partial charge >= 0.3 is 5.97 Å². The predicted octanol–water partition coefficient (Wildman–Crippen LogP) is 2.27. The van der Waals surface area contributed by atoms with Crippen LogP contribution in [0.4, 0.5) is 0 Å². The van der Waals surface area contributed by atoms with Crippen molar-refractivity contribution in [1.29, 1.82) is 0 Å². The third-order valence-corrected chi connectivity index (χ3v) is 3.27. The van der Waals surface area contributed by atoms with E-state index in [9.17, 15) is 9.59 Å². The molecule has 6 nitrogen and oxygen atoms in total. The molecule has 1 aromatic rings. The number of aromatic nitrogens is 1. The van der Waals surface area contributed by atoms with E-state index in [1.54, 1.807) is 13.8 Å². The lowest BCUT2D eigenvalue weighted by molar-refractivity contribution is 0.0690. The molecule has 0 aromatic carbocycles. The largest absolute Gasteiger partial charge is 0.477 e. The van der Waals surface area contributed by atoms with Crippen LogP contribution in [0.2, 0.25) is 0 Å². The number of carboxylic acids is 1. The molecular formula is C15H24N2O4. The molecule has 1 rings (SSSR count). The highest BCUT2D eigenvalue weighted by Gasteiger charge is 2.21. The van der Waals surface area contributed by atoms with Gasteiger partial charge in [0.25, 0.3) is 5.91 Å². The zero-order valence-corrected chi connectivity index (χ0v) is 12.9. The number of aromatic carboxylic acids is 1. The van der Waals surface area contributed by atoms with Crippen LogP contribution in [0.1, 0.15) is 58.3 Å². The summed E-state index contributed by atoms with van der Waals surface area (Å²) in [4.78, 5) is 25.8. The molecule has 21 heavy (non-hydrogen) atoms. The average Bonchev–Trinajstić information content (AvgIpc) is 2.73. The Kier molecular flexibility index (Phi) is 6.94. The van der Waals surface area contributed by atoms with E-state index in [-0.39, 0.29) is 11.6 Å². The molecule has 1 aromatic heterocycles. The molecule has 0 radical (unpaired) electrons. The van der Waals surface area contributed by atoms with Gasteiger partial charge in [0.1, 0.15) is 5.69 Å². The van der Waals surface area contributed by atoms with Crippen molar-refractivity contribution in [2.45, 2.75) is 40.0 Å². The molecule has 1 amide bonds. The molecule has 0 saturated heterocycles. The lowest BCUT2D eigenvalue weighted by atomic mass is 10.1. The summed E-state index contributed by atoms with van der Waals surface area (Å²) in [5.41, 5.74) is 1.53. The monoisotopic (exact) mass is 296 g/mol. The fourth-order valence-corrected chi connectivity index (χ4v) is 2.12. The second kappa shape index (κ2) is 8.46. The van der Waals surface area contributed by atoms with E-state index in [2.05, 4.69) is 17.2 Å². The van der Waals surface area contributed by atoms with Gasteiger partial charge in [-0.3, -0.25) is 4.79 Å². The number of ether oxygens (including phenoxy) is 1. The fourth-order valence-electron chi connectivity index (χ4n) is 2.12. The molecule has 0 atom stereocenters. The van der Waals surface area contributed by atoms with Gasteiger partial charge in [-0.15, -0.1) is 0 Å². The molecule has 0 saturated carbocycles. The first-order chi connectivity index (χ1) is 9.99. The SMILES string of the molecule is CCCCOCCCNC(=O)c1c(C)[nH]c(C(=O)O)c1C. The van der Waals surface area contributed by atoms with Crippen molar-refractivity contribution in [2.24, 2.45) is 0 Å². The van der Waals surface area contributed by atoms with Crippen LogP contribution in [0.3, 0.4) is 0 Å². The van der Waals surface area contributed by atoms with Crippen molar-refractivity contribution in [1.82, 2.24) is 10.3 Å². The Hall–Kier alpha value is -1.82. The maximum Gasteiger partial charge on any atom is 0.352 e. The number of nitrogens with one attached hydrogen (secondary N) is 2. The van der Waals surface area contributed by atoms with E-state index in [1.807, 2.05) is 0 Å². The summed E-state index contributed by atoms with van der Waals surface area (Å²) in [7, 11) is 0. The van der Waals surface area contributed by atoms with Crippen LogP contribution >= 0.6 is 0 Å². The van der Waals surface area contributed by atoms with Gasteiger partial charge in [-0.05, 0) is 32.3 Å². The number of aromatic amines is 1. The second-order valence-electron chi connectivity index (χ2n) is 5.01. The van der Waals surface area contributed by atoms with Gasteiger partial charge < -0.3 is 20.1 Å².